The molecular weight excluding hydrogens is 316 g/mol. The van der Waals surface area contributed by atoms with E-state index in [1.54, 1.807) is 12.1 Å². The van der Waals surface area contributed by atoms with E-state index in [1.165, 1.54) is 11.1 Å². The monoisotopic (exact) mass is 334 g/mol. The first-order valence-electron chi connectivity index (χ1n) is 7.58. The van der Waals surface area contributed by atoms with E-state index in [1.807, 2.05) is 0 Å². The number of nitrogens with zero attached hydrogens (tertiary/aromatic N) is 1. The molecular formula is C15H18N4O5. The maximum atomic E-state index is 11.9. The van der Waals surface area contributed by atoms with Gasteiger partial charge in [-0.1, -0.05) is 0 Å². The van der Waals surface area contributed by atoms with Crippen LogP contribution in [0.5, 0.6) is 0 Å². The summed E-state index contributed by atoms with van der Waals surface area (Å²) in [5.74, 6) is -0.432. The van der Waals surface area contributed by atoms with Crippen molar-refractivity contribution in [1.29, 1.82) is 0 Å². The van der Waals surface area contributed by atoms with Crippen molar-refractivity contribution in [3.8, 4) is 0 Å². The molecule has 0 radical (unpaired) electrons. The highest BCUT2D eigenvalue weighted by atomic mass is 16.7. The topological polar surface area (TPSA) is 120 Å². The zero-order valence-corrected chi connectivity index (χ0v) is 12.8. The first-order valence-corrected chi connectivity index (χ1v) is 7.58. The molecule has 4 N–H and O–H groups in total. The molecule has 0 bridgehead atoms. The van der Waals surface area contributed by atoms with Crippen LogP contribution in [0.1, 0.15) is 10.4 Å². The van der Waals surface area contributed by atoms with Gasteiger partial charge in [-0.2, -0.15) is 5.06 Å². The predicted molar refractivity (Wildman–Crippen MR) is 84.7 cm³/mol. The van der Waals surface area contributed by atoms with Crippen molar-refractivity contribution in [3.63, 3.8) is 0 Å². The lowest BCUT2D eigenvalue weighted by atomic mass is 10.1. The highest BCUT2D eigenvalue weighted by Crippen LogP contribution is 2.30. The number of aliphatic hydroxyl groups is 1. The Balaban J connectivity index is 1.63. The van der Waals surface area contributed by atoms with Gasteiger partial charge in [0, 0.05) is 31.1 Å². The number of hydrogen-bond acceptors (Lipinski definition) is 7. The second-order valence-electron chi connectivity index (χ2n) is 5.72. The molecule has 2 amide bonds. The molecule has 2 aliphatic rings. The van der Waals surface area contributed by atoms with Gasteiger partial charge in [0.2, 0.25) is 5.91 Å². The highest BCUT2D eigenvalue weighted by Gasteiger charge is 2.28. The van der Waals surface area contributed by atoms with E-state index in [0.717, 1.165) is 0 Å². The standard InChI is InChI=1S/C15H18N4O5/c20-8-9-1-2-12-11(3-9)18-14(22)7-19(12)24-15(23)17-5-10-4-16-6-13(10)21/h1-3,8,10,13,16,21H,4-7H2,(H,17,23)(H,18,22)/t10-,13-/m1/s1. The van der Waals surface area contributed by atoms with Crippen molar-refractivity contribution >= 4 is 29.7 Å². The highest BCUT2D eigenvalue weighted by molar-refractivity contribution is 6.02. The molecule has 1 aromatic rings. The number of carbonyl (C=O) groups is 3. The Morgan fingerprint density at radius 1 is 1.46 bits per heavy atom. The lowest BCUT2D eigenvalue weighted by molar-refractivity contribution is -0.116. The Labute approximate surface area is 137 Å². The molecule has 1 fully saturated rings. The third-order valence-corrected chi connectivity index (χ3v) is 3.99. The van der Waals surface area contributed by atoms with E-state index in [-0.39, 0.29) is 24.9 Å². The first-order chi connectivity index (χ1) is 11.6. The predicted octanol–water partition coefficient (Wildman–Crippen LogP) is -0.521. The number of amides is 2. The van der Waals surface area contributed by atoms with Gasteiger partial charge in [-0.3, -0.25) is 9.59 Å². The van der Waals surface area contributed by atoms with Crippen LogP contribution in [0, 0.1) is 5.92 Å². The minimum Gasteiger partial charge on any atom is -0.391 e. The van der Waals surface area contributed by atoms with Crippen LogP contribution in [-0.2, 0) is 9.63 Å². The van der Waals surface area contributed by atoms with E-state index in [4.69, 9.17) is 4.84 Å². The van der Waals surface area contributed by atoms with Crippen LogP contribution in [0.2, 0.25) is 0 Å². The van der Waals surface area contributed by atoms with Gasteiger partial charge in [-0.05, 0) is 18.2 Å². The second kappa shape index (κ2) is 6.85. The number of carbonyl (C=O) groups excluding carboxylic acids is 3. The van der Waals surface area contributed by atoms with E-state index in [9.17, 15) is 19.5 Å². The Morgan fingerprint density at radius 2 is 2.29 bits per heavy atom. The summed E-state index contributed by atoms with van der Waals surface area (Å²) in [6.07, 6.45) is -0.553. The fourth-order valence-corrected chi connectivity index (χ4v) is 2.71. The number of rotatable bonds is 4. The molecule has 2 atom stereocenters. The number of β-amino-alcohol motifs (C(OH)–C–C–N with tert-alkyl or cyclic N) is 1. The molecule has 9 heteroatoms. The quantitative estimate of drug-likeness (QED) is 0.547. The molecule has 24 heavy (non-hydrogen) atoms. The van der Waals surface area contributed by atoms with Crippen molar-refractivity contribution in [2.75, 3.05) is 36.6 Å². The normalized spacial score (nSPS) is 22.5. The number of nitrogens with one attached hydrogen (secondary N) is 3. The lowest BCUT2D eigenvalue weighted by Crippen LogP contribution is -2.43. The summed E-state index contributed by atoms with van der Waals surface area (Å²) < 4.78 is 0. The number of aliphatic hydroxyl groups excluding tert-OH is 1. The van der Waals surface area contributed by atoms with Crippen molar-refractivity contribution in [2.45, 2.75) is 6.10 Å². The van der Waals surface area contributed by atoms with Gasteiger partial charge in [0.15, 0.2) is 0 Å². The molecule has 0 saturated carbocycles. The summed E-state index contributed by atoms with van der Waals surface area (Å²) in [6, 6.07) is 4.67. The number of aldehydes is 1. The Hall–Kier alpha value is -2.65. The van der Waals surface area contributed by atoms with Crippen LogP contribution in [0.4, 0.5) is 16.2 Å². The van der Waals surface area contributed by atoms with Gasteiger partial charge < -0.3 is 25.9 Å². The van der Waals surface area contributed by atoms with Crippen molar-refractivity contribution in [1.82, 2.24) is 10.6 Å². The SMILES string of the molecule is O=Cc1ccc2c(c1)NC(=O)CN2OC(=O)NC[C@H]1CNC[C@H]1O. The average molecular weight is 334 g/mol. The smallest absolute Gasteiger partial charge is 0.391 e. The summed E-state index contributed by atoms with van der Waals surface area (Å²) >= 11 is 0. The van der Waals surface area contributed by atoms with Crippen LogP contribution in [-0.4, -0.2) is 55.7 Å². The molecule has 2 aliphatic heterocycles. The molecule has 2 heterocycles. The number of fused-ring (bicyclic) bond motifs is 1. The minimum atomic E-state index is -0.714. The number of benzene rings is 1. The third kappa shape index (κ3) is 3.47. The molecule has 1 aromatic carbocycles. The minimum absolute atomic E-state index is 0.0790. The fraction of sp³-hybridized carbons (Fsp3) is 0.400. The summed E-state index contributed by atoms with van der Waals surface area (Å²) in [7, 11) is 0. The van der Waals surface area contributed by atoms with E-state index >= 15 is 0 Å². The fourth-order valence-electron chi connectivity index (χ4n) is 2.71. The van der Waals surface area contributed by atoms with Crippen molar-refractivity contribution in [2.24, 2.45) is 5.92 Å². The molecule has 0 spiro atoms. The van der Waals surface area contributed by atoms with Crippen LogP contribution in [0.3, 0.4) is 0 Å². The van der Waals surface area contributed by atoms with Crippen LogP contribution < -0.4 is 21.0 Å². The molecule has 0 unspecified atom stereocenters. The van der Waals surface area contributed by atoms with Gasteiger partial charge in [-0.15, -0.1) is 0 Å². The van der Waals surface area contributed by atoms with E-state index in [2.05, 4.69) is 16.0 Å². The van der Waals surface area contributed by atoms with Gasteiger partial charge in [0.1, 0.15) is 12.8 Å². The first kappa shape index (κ1) is 16.2. The maximum absolute atomic E-state index is 11.9. The van der Waals surface area contributed by atoms with Crippen LogP contribution in [0.15, 0.2) is 18.2 Å². The second-order valence-corrected chi connectivity index (χ2v) is 5.72. The summed E-state index contributed by atoms with van der Waals surface area (Å²) in [5.41, 5.74) is 1.29. The number of hydrogen-bond donors (Lipinski definition) is 4. The zero-order valence-electron chi connectivity index (χ0n) is 12.8. The van der Waals surface area contributed by atoms with Crippen LogP contribution >= 0.6 is 0 Å². The third-order valence-electron chi connectivity index (χ3n) is 3.99. The van der Waals surface area contributed by atoms with E-state index in [0.29, 0.717) is 36.3 Å². The van der Waals surface area contributed by atoms with Crippen LogP contribution in [0.25, 0.3) is 0 Å². The Kier molecular flexibility index (Phi) is 4.63. The Morgan fingerprint density at radius 3 is 3.00 bits per heavy atom. The van der Waals surface area contributed by atoms with Crippen molar-refractivity contribution in [3.05, 3.63) is 23.8 Å². The molecule has 1 saturated heterocycles. The lowest BCUT2D eigenvalue weighted by Gasteiger charge is -2.29. The number of hydroxylamine groups is 1. The molecule has 0 aliphatic carbocycles. The molecule has 128 valence electrons. The van der Waals surface area contributed by atoms with Gasteiger partial charge in [0.25, 0.3) is 0 Å². The Bertz CT molecular complexity index is 665. The molecule has 0 aromatic heterocycles. The maximum Gasteiger partial charge on any atom is 0.431 e. The summed E-state index contributed by atoms with van der Waals surface area (Å²) in [5, 5.41) is 19.1. The molecule has 9 nitrogen and oxygen atoms in total. The van der Waals surface area contributed by atoms with E-state index < -0.39 is 12.2 Å². The van der Waals surface area contributed by atoms with Crippen molar-refractivity contribution < 1.29 is 24.3 Å². The summed E-state index contributed by atoms with van der Waals surface area (Å²) in [6.45, 7) is 1.24. The van der Waals surface area contributed by atoms with Gasteiger partial charge >= 0.3 is 6.09 Å². The average Bonchev–Trinajstić information content (AvgIpc) is 2.97. The largest absolute Gasteiger partial charge is 0.431 e. The summed E-state index contributed by atoms with van der Waals surface area (Å²) in [4.78, 5) is 39.7. The zero-order chi connectivity index (χ0) is 17.1. The van der Waals surface area contributed by atoms with Gasteiger partial charge in [-0.25, -0.2) is 4.79 Å². The van der Waals surface area contributed by atoms with Gasteiger partial charge in [0.05, 0.1) is 17.5 Å². The number of anilines is 2. The molecule has 3 rings (SSSR count).